The molecule has 0 saturated heterocycles. The van der Waals surface area contributed by atoms with E-state index in [4.69, 9.17) is 5.73 Å². The lowest BCUT2D eigenvalue weighted by Gasteiger charge is -2.32. The SMILES string of the molecule is CCN(CC1CCC1)c1ccc([C@H](C)N)cn1. The first-order chi connectivity index (χ1) is 8.20. The van der Waals surface area contributed by atoms with Gasteiger partial charge in [0.05, 0.1) is 0 Å². The molecule has 0 aromatic carbocycles. The van der Waals surface area contributed by atoms with Gasteiger partial charge in [-0.3, -0.25) is 0 Å². The van der Waals surface area contributed by atoms with Crippen LogP contribution in [0, 0.1) is 5.92 Å². The Bertz CT molecular complexity index is 341. The van der Waals surface area contributed by atoms with Crippen LogP contribution in [-0.2, 0) is 0 Å². The van der Waals surface area contributed by atoms with Crippen LogP contribution in [0.25, 0.3) is 0 Å². The lowest BCUT2D eigenvalue weighted by atomic mass is 9.85. The van der Waals surface area contributed by atoms with E-state index in [0.29, 0.717) is 0 Å². The molecule has 1 aliphatic rings. The Balaban J connectivity index is 2.02. The number of hydrogen-bond acceptors (Lipinski definition) is 3. The molecule has 0 unspecified atom stereocenters. The van der Waals surface area contributed by atoms with Crippen molar-refractivity contribution >= 4 is 5.82 Å². The van der Waals surface area contributed by atoms with E-state index in [0.717, 1.165) is 30.4 Å². The van der Waals surface area contributed by atoms with Crippen LogP contribution < -0.4 is 10.6 Å². The van der Waals surface area contributed by atoms with Gasteiger partial charge in [-0.25, -0.2) is 4.98 Å². The lowest BCUT2D eigenvalue weighted by Crippen LogP contribution is -2.33. The first-order valence-electron chi connectivity index (χ1n) is 6.67. The Labute approximate surface area is 104 Å². The summed E-state index contributed by atoms with van der Waals surface area (Å²) >= 11 is 0. The standard InChI is InChI=1S/C14H23N3/c1-3-17(10-12-5-4-6-12)14-8-7-13(9-16-14)11(2)15/h7-9,11-12H,3-6,10,15H2,1-2H3/t11-/m0/s1. The van der Waals surface area contributed by atoms with Crippen LogP contribution in [-0.4, -0.2) is 18.1 Å². The summed E-state index contributed by atoms with van der Waals surface area (Å²) in [6, 6.07) is 4.26. The van der Waals surface area contributed by atoms with E-state index >= 15 is 0 Å². The molecule has 3 heteroatoms. The van der Waals surface area contributed by atoms with Crippen molar-refractivity contribution in [2.24, 2.45) is 11.7 Å². The van der Waals surface area contributed by atoms with Gasteiger partial charge in [0.25, 0.3) is 0 Å². The molecule has 0 spiro atoms. The van der Waals surface area contributed by atoms with Crippen LogP contribution >= 0.6 is 0 Å². The summed E-state index contributed by atoms with van der Waals surface area (Å²) < 4.78 is 0. The van der Waals surface area contributed by atoms with Crippen LogP contribution in [0.15, 0.2) is 18.3 Å². The number of nitrogens with two attached hydrogens (primary N) is 1. The smallest absolute Gasteiger partial charge is 0.128 e. The molecule has 1 saturated carbocycles. The molecular formula is C14H23N3. The summed E-state index contributed by atoms with van der Waals surface area (Å²) in [4.78, 5) is 6.90. The normalized spacial score (nSPS) is 17.6. The van der Waals surface area contributed by atoms with Crippen LogP contribution in [0.2, 0.25) is 0 Å². The van der Waals surface area contributed by atoms with Crippen LogP contribution in [0.3, 0.4) is 0 Å². The molecule has 1 fully saturated rings. The summed E-state index contributed by atoms with van der Waals surface area (Å²) in [6.45, 7) is 6.37. The van der Waals surface area contributed by atoms with E-state index in [9.17, 15) is 0 Å². The maximum absolute atomic E-state index is 5.83. The van der Waals surface area contributed by atoms with Crippen LogP contribution in [0.1, 0.15) is 44.7 Å². The van der Waals surface area contributed by atoms with Gasteiger partial charge in [-0.05, 0) is 44.2 Å². The molecule has 3 nitrogen and oxygen atoms in total. The van der Waals surface area contributed by atoms with E-state index in [1.165, 1.54) is 19.3 Å². The fourth-order valence-corrected chi connectivity index (χ4v) is 2.23. The topological polar surface area (TPSA) is 42.1 Å². The second kappa shape index (κ2) is 5.50. The Morgan fingerprint density at radius 3 is 2.65 bits per heavy atom. The van der Waals surface area contributed by atoms with E-state index in [-0.39, 0.29) is 6.04 Å². The van der Waals surface area contributed by atoms with Gasteiger partial charge >= 0.3 is 0 Å². The van der Waals surface area contributed by atoms with Gasteiger partial charge in [-0.2, -0.15) is 0 Å². The van der Waals surface area contributed by atoms with Gasteiger partial charge in [0.2, 0.25) is 0 Å². The fourth-order valence-electron chi connectivity index (χ4n) is 2.23. The third-order valence-electron chi connectivity index (χ3n) is 3.71. The highest BCUT2D eigenvalue weighted by atomic mass is 15.2. The van der Waals surface area contributed by atoms with Crippen LogP contribution in [0.4, 0.5) is 5.82 Å². The molecule has 94 valence electrons. The Kier molecular flexibility index (Phi) is 4.00. The van der Waals surface area contributed by atoms with Crippen molar-refractivity contribution in [2.75, 3.05) is 18.0 Å². The number of nitrogens with zero attached hydrogens (tertiary/aromatic N) is 2. The van der Waals surface area contributed by atoms with Gasteiger partial charge in [-0.15, -0.1) is 0 Å². The summed E-state index contributed by atoms with van der Waals surface area (Å²) in [5, 5.41) is 0. The Morgan fingerprint density at radius 2 is 2.24 bits per heavy atom. The molecule has 1 atom stereocenters. The minimum atomic E-state index is 0.0678. The van der Waals surface area contributed by atoms with Crippen molar-refractivity contribution in [3.05, 3.63) is 23.9 Å². The minimum absolute atomic E-state index is 0.0678. The largest absolute Gasteiger partial charge is 0.357 e. The lowest BCUT2D eigenvalue weighted by molar-refractivity contribution is 0.318. The zero-order valence-electron chi connectivity index (χ0n) is 10.9. The third kappa shape index (κ3) is 2.97. The van der Waals surface area contributed by atoms with Crippen molar-refractivity contribution < 1.29 is 0 Å². The van der Waals surface area contributed by atoms with Crippen LogP contribution in [0.5, 0.6) is 0 Å². The highest BCUT2D eigenvalue weighted by Gasteiger charge is 2.20. The number of hydrogen-bond donors (Lipinski definition) is 1. The van der Waals surface area contributed by atoms with Gasteiger partial charge in [-0.1, -0.05) is 12.5 Å². The molecular weight excluding hydrogens is 210 g/mol. The Hall–Kier alpha value is -1.09. The molecule has 1 aliphatic carbocycles. The van der Waals surface area contributed by atoms with E-state index < -0.39 is 0 Å². The first kappa shape index (κ1) is 12.4. The van der Waals surface area contributed by atoms with E-state index in [1.807, 2.05) is 13.1 Å². The van der Waals surface area contributed by atoms with Crippen molar-refractivity contribution in [2.45, 2.75) is 39.2 Å². The monoisotopic (exact) mass is 233 g/mol. The number of rotatable bonds is 5. The zero-order valence-corrected chi connectivity index (χ0v) is 10.9. The number of anilines is 1. The minimum Gasteiger partial charge on any atom is -0.357 e. The van der Waals surface area contributed by atoms with Gasteiger partial charge in [0.15, 0.2) is 0 Å². The maximum Gasteiger partial charge on any atom is 0.128 e. The molecule has 17 heavy (non-hydrogen) atoms. The molecule has 1 heterocycles. The molecule has 1 aromatic rings. The molecule has 0 bridgehead atoms. The van der Waals surface area contributed by atoms with E-state index in [2.05, 4.69) is 28.9 Å². The summed E-state index contributed by atoms with van der Waals surface area (Å²) in [7, 11) is 0. The Morgan fingerprint density at radius 1 is 1.47 bits per heavy atom. The highest BCUT2D eigenvalue weighted by Crippen LogP contribution is 2.28. The van der Waals surface area contributed by atoms with Gasteiger partial charge < -0.3 is 10.6 Å². The fraction of sp³-hybridized carbons (Fsp3) is 0.643. The van der Waals surface area contributed by atoms with Gasteiger partial charge in [0, 0.05) is 25.3 Å². The maximum atomic E-state index is 5.83. The molecule has 0 radical (unpaired) electrons. The first-order valence-corrected chi connectivity index (χ1v) is 6.67. The number of aromatic nitrogens is 1. The summed E-state index contributed by atoms with van der Waals surface area (Å²) in [5.74, 6) is 1.97. The quantitative estimate of drug-likeness (QED) is 0.850. The second-order valence-electron chi connectivity index (χ2n) is 5.07. The van der Waals surface area contributed by atoms with E-state index in [1.54, 1.807) is 0 Å². The summed E-state index contributed by atoms with van der Waals surface area (Å²) in [5.41, 5.74) is 6.94. The second-order valence-corrected chi connectivity index (χ2v) is 5.07. The third-order valence-corrected chi connectivity index (χ3v) is 3.71. The van der Waals surface area contributed by atoms with Crippen molar-refractivity contribution in [3.63, 3.8) is 0 Å². The van der Waals surface area contributed by atoms with Crippen molar-refractivity contribution in [3.8, 4) is 0 Å². The molecule has 1 aromatic heterocycles. The average Bonchev–Trinajstić information content (AvgIpc) is 2.28. The summed E-state index contributed by atoms with van der Waals surface area (Å²) in [6.07, 6.45) is 6.07. The highest BCUT2D eigenvalue weighted by molar-refractivity contribution is 5.39. The zero-order chi connectivity index (χ0) is 12.3. The molecule has 0 aliphatic heterocycles. The molecule has 0 amide bonds. The van der Waals surface area contributed by atoms with Gasteiger partial charge in [0.1, 0.15) is 5.82 Å². The predicted molar refractivity (Wildman–Crippen MR) is 72.1 cm³/mol. The van der Waals surface area contributed by atoms with Crippen molar-refractivity contribution in [1.29, 1.82) is 0 Å². The molecule has 2 N–H and O–H groups in total. The number of pyridine rings is 1. The average molecular weight is 233 g/mol. The predicted octanol–water partition coefficient (Wildman–Crippen LogP) is 2.73. The van der Waals surface area contributed by atoms with Crippen molar-refractivity contribution in [1.82, 2.24) is 4.98 Å². The molecule has 2 rings (SSSR count).